The van der Waals surface area contributed by atoms with Crippen molar-refractivity contribution in [1.82, 2.24) is 4.57 Å². The van der Waals surface area contributed by atoms with E-state index >= 15 is 0 Å². The fourth-order valence-electron chi connectivity index (χ4n) is 2.10. The maximum absolute atomic E-state index is 12.2. The molecule has 1 amide bonds. The van der Waals surface area contributed by atoms with Crippen molar-refractivity contribution in [2.45, 2.75) is 13.8 Å². The molecule has 0 aliphatic rings. The van der Waals surface area contributed by atoms with Crippen LogP contribution in [0.25, 0.3) is 6.08 Å². The molecular weight excluding hydrogens is 298 g/mol. The number of anilines is 1. The molecule has 0 atom stereocenters. The first kappa shape index (κ1) is 15.9. The van der Waals surface area contributed by atoms with Crippen LogP contribution in [0.2, 0.25) is 5.02 Å². The Bertz CT molecular complexity index is 797. The SMILES string of the molecule is Cc1cc(/C=C(/C#N)C(=O)Nc2cccc(Cl)c2)c(C)n1C. The summed E-state index contributed by atoms with van der Waals surface area (Å²) in [6.07, 6.45) is 1.60. The zero-order valence-electron chi connectivity index (χ0n) is 12.6. The summed E-state index contributed by atoms with van der Waals surface area (Å²) in [7, 11) is 1.94. The minimum atomic E-state index is -0.453. The molecule has 1 aromatic heterocycles. The van der Waals surface area contributed by atoms with Gasteiger partial charge < -0.3 is 9.88 Å². The van der Waals surface area contributed by atoms with Crippen molar-refractivity contribution in [3.63, 3.8) is 0 Å². The van der Waals surface area contributed by atoms with Gasteiger partial charge in [0.15, 0.2) is 0 Å². The third kappa shape index (κ3) is 3.38. The number of hydrogen-bond donors (Lipinski definition) is 1. The number of amides is 1. The van der Waals surface area contributed by atoms with E-state index in [0.717, 1.165) is 17.0 Å². The fourth-order valence-corrected chi connectivity index (χ4v) is 2.29. The van der Waals surface area contributed by atoms with Gasteiger partial charge in [-0.25, -0.2) is 0 Å². The molecule has 0 unspecified atom stereocenters. The van der Waals surface area contributed by atoms with Crippen molar-refractivity contribution in [3.05, 3.63) is 57.9 Å². The van der Waals surface area contributed by atoms with Crippen molar-refractivity contribution in [2.75, 3.05) is 5.32 Å². The molecule has 22 heavy (non-hydrogen) atoms. The van der Waals surface area contributed by atoms with Gasteiger partial charge in [0.2, 0.25) is 0 Å². The first-order valence-corrected chi connectivity index (χ1v) is 7.12. The van der Waals surface area contributed by atoms with Gasteiger partial charge in [0, 0.05) is 29.1 Å². The van der Waals surface area contributed by atoms with Gasteiger partial charge in [-0.15, -0.1) is 0 Å². The van der Waals surface area contributed by atoms with Crippen LogP contribution < -0.4 is 5.32 Å². The number of rotatable bonds is 3. The molecule has 0 bridgehead atoms. The second kappa shape index (κ2) is 6.50. The molecule has 0 aliphatic carbocycles. The predicted octanol–water partition coefficient (Wildman–Crippen LogP) is 3.84. The lowest BCUT2D eigenvalue weighted by Gasteiger charge is -2.04. The summed E-state index contributed by atoms with van der Waals surface area (Å²) in [5.41, 5.74) is 3.53. The van der Waals surface area contributed by atoms with Crippen molar-refractivity contribution in [2.24, 2.45) is 7.05 Å². The molecule has 4 nitrogen and oxygen atoms in total. The van der Waals surface area contributed by atoms with Crippen molar-refractivity contribution in [1.29, 1.82) is 5.26 Å². The molecule has 2 rings (SSSR count). The monoisotopic (exact) mass is 313 g/mol. The highest BCUT2D eigenvalue weighted by Crippen LogP contribution is 2.19. The summed E-state index contributed by atoms with van der Waals surface area (Å²) in [5, 5.41) is 12.4. The van der Waals surface area contributed by atoms with Crippen LogP contribution in [0.3, 0.4) is 0 Å². The number of hydrogen-bond acceptors (Lipinski definition) is 2. The van der Waals surface area contributed by atoms with Gasteiger partial charge in [-0.1, -0.05) is 17.7 Å². The third-order valence-electron chi connectivity index (χ3n) is 3.56. The van der Waals surface area contributed by atoms with E-state index in [2.05, 4.69) is 5.32 Å². The van der Waals surface area contributed by atoms with Crippen LogP contribution in [0.4, 0.5) is 5.69 Å². The predicted molar refractivity (Wildman–Crippen MR) is 88.6 cm³/mol. The molecule has 0 fully saturated rings. The highest BCUT2D eigenvalue weighted by Gasteiger charge is 2.12. The molecular formula is C17H16ClN3O. The zero-order valence-corrected chi connectivity index (χ0v) is 13.4. The number of carbonyl (C=O) groups excluding carboxylic acids is 1. The zero-order chi connectivity index (χ0) is 16.3. The van der Waals surface area contributed by atoms with Gasteiger partial charge in [0.1, 0.15) is 11.6 Å². The van der Waals surface area contributed by atoms with Crippen LogP contribution in [0, 0.1) is 25.2 Å². The van der Waals surface area contributed by atoms with E-state index in [4.69, 9.17) is 11.6 Å². The van der Waals surface area contributed by atoms with Crippen LogP contribution >= 0.6 is 11.6 Å². The summed E-state index contributed by atoms with van der Waals surface area (Å²) in [5.74, 6) is -0.453. The van der Waals surface area contributed by atoms with Crippen LogP contribution in [0.1, 0.15) is 17.0 Å². The molecule has 1 aromatic carbocycles. The Morgan fingerprint density at radius 3 is 2.64 bits per heavy atom. The average Bonchev–Trinajstić information content (AvgIpc) is 2.72. The summed E-state index contributed by atoms with van der Waals surface area (Å²) in [4.78, 5) is 12.2. The highest BCUT2D eigenvalue weighted by atomic mass is 35.5. The summed E-state index contributed by atoms with van der Waals surface area (Å²) < 4.78 is 2.01. The average molecular weight is 314 g/mol. The van der Waals surface area contributed by atoms with Crippen molar-refractivity contribution in [3.8, 4) is 6.07 Å². The normalized spacial score (nSPS) is 11.1. The molecule has 1 heterocycles. The largest absolute Gasteiger partial charge is 0.352 e. The second-order valence-corrected chi connectivity index (χ2v) is 5.46. The molecule has 1 N–H and O–H groups in total. The van der Waals surface area contributed by atoms with Crippen LogP contribution in [0.5, 0.6) is 0 Å². The van der Waals surface area contributed by atoms with Gasteiger partial charge in [-0.3, -0.25) is 4.79 Å². The molecule has 0 radical (unpaired) electrons. The maximum atomic E-state index is 12.2. The lowest BCUT2D eigenvalue weighted by atomic mass is 10.1. The summed E-state index contributed by atoms with van der Waals surface area (Å²) >= 11 is 5.88. The Labute approximate surface area is 134 Å². The van der Waals surface area contributed by atoms with E-state index in [1.807, 2.05) is 37.6 Å². The summed E-state index contributed by atoms with van der Waals surface area (Å²) in [6, 6.07) is 10.7. The van der Waals surface area contributed by atoms with E-state index in [1.165, 1.54) is 0 Å². The maximum Gasteiger partial charge on any atom is 0.266 e. The Morgan fingerprint density at radius 2 is 2.09 bits per heavy atom. The van der Waals surface area contributed by atoms with Crippen LogP contribution in [0.15, 0.2) is 35.9 Å². The van der Waals surface area contributed by atoms with Crippen LogP contribution in [-0.2, 0) is 11.8 Å². The van der Waals surface area contributed by atoms with E-state index < -0.39 is 5.91 Å². The molecule has 0 saturated carbocycles. The van der Waals surface area contributed by atoms with E-state index in [1.54, 1.807) is 30.3 Å². The summed E-state index contributed by atoms with van der Waals surface area (Å²) in [6.45, 7) is 3.92. The van der Waals surface area contributed by atoms with E-state index in [9.17, 15) is 10.1 Å². The Kier molecular flexibility index (Phi) is 4.69. The molecule has 0 saturated heterocycles. The number of carbonyl (C=O) groups is 1. The Hall–Kier alpha value is -2.51. The van der Waals surface area contributed by atoms with Crippen LogP contribution in [-0.4, -0.2) is 10.5 Å². The number of nitrogens with zero attached hydrogens (tertiary/aromatic N) is 2. The molecule has 112 valence electrons. The number of nitriles is 1. The smallest absolute Gasteiger partial charge is 0.266 e. The van der Waals surface area contributed by atoms with Gasteiger partial charge in [-0.2, -0.15) is 5.26 Å². The minimum Gasteiger partial charge on any atom is -0.352 e. The number of benzene rings is 1. The first-order chi connectivity index (χ1) is 10.4. The van der Waals surface area contributed by atoms with Gasteiger partial charge >= 0.3 is 0 Å². The second-order valence-electron chi connectivity index (χ2n) is 5.02. The Balaban J connectivity index is 2.28. The highest BCUT2D eigenvalue weighted by molar-refractivity contribution is 6.31. The van der Waals surface area contributed by atoms with Crippen molar-refractivity contribution >= 4 is 29.3 Å². The fraction of sp³-hybridized carbons (Fsp3) is 0.176. The standard InChI is InChI=1S/C17H16ClN3O/c1-11-7-13(12(2)21(11)3)8-14(10-19)17(22)20-16-6-4-5-15(18)9-16/h4-9H,1-3H3,(H,20,22)/b14-8-. The lowest BCUT2D eigenvalue weighted by Crippen LogP contribution is -2.13. The van der Waals surface area contributed by atoms with Gasteiger partial charge in [0.25, 0.3) is 5.91 Å². The number of aromatic nitrogens is 1. The quantitative estimate of drug-likeness (QED) is 0.691. The van der Waals surface area contributed by atoms with Gasteiger partial charge in [0.05, 0.1) is 0 Å². The van der Waals surface area contributed by atoms with Gasteiger partial charge in [-0.05, 0) is 49.8 Å². The molecule has 2 aromatic rings. The lowest BCUT2D eigenvalue weighted by molar-refractivity contribution is -0.112. The molecule has 5 heteroatoms. The topological polar surface area (TPSA) is 57.8 Å². The third-order valence-corrected chi connectivity index (χ3v) is 3.80. The first-order valence-electron chi connectivity index (χ1n) is 6.74. The molecule has 0 spiro atoms. The van der Waals surface area contributed by atoms with E-state index in [0.29, 0.717) is 10.7 Å². The number of aryl methyl sites for hydroxylation is 1. The number of halogens is 1. The minimum absolute atomic E-state index is 0.0497. The van der Waals surface area contributed by atoms with E-state index in [-0.39, 0.29) is 5.57 Å². The molecule has 0 aliphatic heterocycles. The Morgan fingerprint density at radius 1 is 1.36 bits per heavy atom. The number of nitrogens with one attached hydrogen (secondary N) is 1. The van der Waals surface area contributed by atoms with Crippen molar-refractivity contribution < 1.29 is 4.79 Å².